The first-order valence-electron chi connectivity index (χ1n) is 7.20. The summed E-state index contributed by atoms with van der Waals surface area (Å²) >= 11 is 0. The lowest BCUT2D eigenvalue weighted by Gasteiger charge is -2.06. The van der Waals surface area contributed by atoms with Crippen molar-refractivity contribution >= 4 is 17.9 Å². The Morgan fingerprint density at radius 3 is 2.45 bits per heavy atom. The van der Waals surface area contributed by atoms with Gasteiger partial charge in [-0.2, -0.15) is 0 Å². The normalized spacial score (nSPS) is 10.4. The van der Waals surface area contributed by atoms with Crippen molar-refractivity contribution in [2.24, 2.45) is 0 Å². The SMILES string of the molecule is Cc1nccn1-c1ccc(C(=O)CCC(=O)CCC=O)cc1. The third-order valence-electron chi connectivity index (χ3n) is 3.47. The molecule has 1 heterocycles. The summed E-state index contributed by atoms with van der Waals surface area (Å²) in [6, 6.07) is 7.23. The molecular weight excluding hydrogens is 280 g/mol. The lowest BCUT2D eigenvalue weighted by Crippen LogP contribution is -2.05. The summed E-state index contributed by atoms with van der Waals surface area (Å²) in [6.45, 7) is 1.91. The minimum atomic E-state index is -0.0617. The average Bonchev–Trinajstić information content (AvgIpc) is 2.96. The van der Waals surface area contributed by atoms with E-state index in [2.05, 4.69) is 4.98 Å². The van der Waals surface area contributed by atoms with Crippen LogP contribution in [-0.2, 0) is 9.59 Å². The van der Waals surface area contributed by atoms with E-state index in [1.807, 2.05) is 29.8 Å². The summed E-state index contributed by atoms with van der Waals surface area (Å²) < 4.78 is 1.93. The van der Waals surface area contributed by atoms with Crippen molar-refractivity contribution in [3.05, 3.63) is 48.0 Å². The number of rotatable bonds is 8. The standard InChI is InChI=1S/C17H18N2O3/c1-13-18-10-11-19(13)15-6-4-14(5-7-15)17(22)9-8-16(21)3-2-12-20/h4-7,10-12H,2-3,8-9H2,1H3. The van der Waals surface area contributed by atoms with Crippen LogP contribution >= 0.6 is 0 Å². The largest absolute Gasteiger partial charge is 0.304 e. The van der Waals surface area contributed by atoms with Crippen molar-refractivity contribution in [2.75, 3.05) is 0 Å². The summed E-state index contributed by atoms with van der Waals surface area (Å²) in [7, 11) is 0. The molecule has 0 amide bonds. The van der Waals surface area contributed by atoms with E-state index in [1.54, 1.807) is 18.3 Å². The van der Waals surface area contributed by atoms with Crippen molar-refractivity contribution < 1.29 is 14.4 Å². The van der Waals surface area contributed by atoms with Crippen molar-refractivity contribution in [1.29, 1.82) is 0 Å². The number of carbonyl (C=O) groups excluding carboxylic acids is 3. The van der Waals surface area contributed by atoms with Crippen LogP contribution in [0.4, 0.5) is 0 Å². The predicted octanol–water partition coefficient (Wildman–Crippen LogP) is 2.69. The molecule has 5 nitrogen and oxygen atoms in total. The van der Waals surface area contributed by atoms with Gasteiger partial charge in [-0.3, -0.25) is 9.59 Å². The minimum Gasteiger partial charge on any atom is -0.304 e. The van der Waals surface area contributed by atoms with Crippen LogP contribution in [0.5, 0.6) is 0 Å². The van der Waals surface area contributed by atoms with Crippen LogP contribution in [0.15, 0.2) is 36.7 Å². The molecule has 0 aliphatic carbocycles. The van der Waals surface area contributed by atoms with Gasteiger partial charge in [0.25, 0.3) is 0 Å². The molecule has 0 spiro atoms. The second kappa shape index (κ2) is 7.45. The number of aromatic nitrogens is 2. The van der Waals surface area contributed by atoms with Gasteiger partial charge in [0.15, 0.2) is 5.78 Å². The van der Waals surface area contributed by atoms with Crippen LogP contribution in [0.1, 0.15) is 41.9 Å². The van der Waals surface area contributed by atoms with Gasteiger partial charge in [0.2, 0.25) is 0 Å². The first-order chi connectivity index (χ1) is 10.6. The zero-order valence-corrected chi connectivity index (χ0v) is 12.5. The molecule has 0 aliphatic heterocycles. The first-order valence-corrected chi connectivity index (χ1v) is 7.20. The van der Waals surface area contributed by atoms with E-state index >= 15 is 0 Å². The molecular formula is C17H18N2O3. The molecule has 114 valence electrons. The minimum absolute atomic E-state index is 0.0499. The predicted molar refractivity (Wildman–Crippen MR) is 82.2 cm³/mol. The highest BCUT2D eigenvalue weighted by atomic mass is 16.1. The molecule has 2 aromatic rings. The van der Waals surface area contributed by atoms with Crippen LogP contribution in [0.2, 0.25) is 0 Å². The van der Waals surface area contributed by atoms with E-state index in [1.165, 1.54) is 0 Å². The summed E-state index contributed by atoms with van der Waals surface area (Å²) in [4.78, 5) is 37.9. The molecule has 0 radical (unpaired) electrons. The third-order valence-corrected chi connectivity index (χ3v) is 3.47. The fraction of sp³-hybridized carbons (Fsp3) is 0.294. The maximum atomic E-state index is 12.0. The van der Waals surface area contributed by atoms with Crippen molar-refractivity contribution in [3.8, 4) is 5.69 Å². The zero-order valence-electron chi connectivity index (χ0n) is 12.5. The first kappa shape index (κ1) is 15.8. The topological polar surface area (TPSA) is 69.0 Å². The number of carbonyl (C=O) groups is 3. The van der Waals surface area contributed by atoms with E-state index in [0.717, 1.165) is 17.8 Å². The second-order valence-corrected chi connectivity index (χ2v) is 5.06. The van der Waals surface area contributed by atoms with Gasteiger partial charge >= 0.3 is 0 Å². The average molecular weight is 298 g/mol. The van der Waals surface area contributed by atoms with Gasteiger partial charge in [-0.25, -0.2) is 4.98 Å². The van der Waals surface area contributed by atoms with Gasteiger partial charge in [-0.1, -0.05) is 0 Å². The lowest BCUT2D eigenvalue weighted by atomic mass is 10.0. The Morgan fingerprint density at radius 2 is 1.86 bits per heavy atom. The quantitative estimate of drug-likeness (QED) is 0.555. The van der Waals surface area contributed by atoms with Gasteiger partial charge in [0.1, 0.15) is 17.9 Å². The number of aryl methyl sites for hydroxylation is 1. The van der Waals surface area contributed by atoms with E-state index in [0.29, 0.717) is 5.56 Å². The number of benzene rings is 1. The Morgan fingerprint density at radius 1 is 1.14 bits per heavy atom. The van der Waals surface area contributed by atoms with Gasteiger partial charge in [-0.15, -0.1) is 0 Å². The summed E-state index contributed by atoms with van der Waals surface area (Å²) in [5.74, 6) is 0.763. The molecule has 0 saturated carbocycles. The molecule has 0 aliphatic rings. The van der Waals surface area contributed by atoms with Crippen LogP contribution in [0.3, 0.4) is 0 Å². The fourth-order valence-corrected chi connectivity index (χ4v) is 2.20. The van der Waals surface area contributed by atoms with Gasteiger partial charge in [0, 0.05) is 49.3 Å². The van der Waals surface area contributed by atoms with Crippen LogP contribution in [0.25, 0.3) is 5.69 Å². The molecule has 0 fully saturated rings. The third kappa shape index (κ3) is 3.97. The molecule has 22 heavy (non-hydrogen) atoms. The van der Waals surface area contributed by atoms with Crippen molar-refractivity contribution in [2.45, 2.75) is 32.6 Å². The highest BCUT2D eigenvalue weighted by Gasteiger charge is 2.10. The highest BCUT2D eigenvalue weighted by molar-refractivity contribution is 5.98. The molecule has 1 aromatic carbocycles. The monoisotopic (exact) mass is 298 g/mol. The molecule has 2 rings (SSSR count). The highest BCUT2D eigenvalue weighted by Crippen LogP contribution is 2.13. The van der Waals surface area contributed by atoms with E-state index < -0.39 is 0 Å². The van der Waals surface area contributed by atoms with Crippen LogP contribution in [0, 0.1) is 6.92 Å². The summed E-state index contributed by atoms with van der Waals surface area (Å²) in [6.07, 6.45) is 5.12. The molecule has 0 unspecified atom stereocenters. The Bertz CT molecular complexity index is 671. The van der Waals surface area contributed by atoms with E-state index in [-0.39, 0.29) is 37.2 Å². The van der Waals surface area contributed by atoms with Gasteiger partial charge in [-0.05, 0) is 31.2 Å². The molecule has 0 N–H and O–H groups in total. The number of Topliss-reactive ketones (excluding diaryl/α,β-unsaturated/α-hetero) is 2. The van der Waals surface area contributed by atoms with E-state index in [9.17, 15) is 14.4 Å². The molecule has 0 bridgehead atoms. The summed E-state index contributed by atoms with van der Waals surface area (Å²) in [5, 5.41) is 0. The number of hydrogen-bond donors (Lipinski definition) is 0. The maximum Gasteiger partial charge on any atom is 0.163 e. The number of ketones is 2. The Labute approximate surface area is 129 Å². The number of aldehydes is 1. The van der Waals surface area contributed by atoms with Crippen molar-refractivity contribution in [3.63, 3.8) is 0 Å². The number of nitrogens with zero attached hydrogens (tertiary/aromatic N) is 2. The number of hydrogen-bond acceptors (Lipinski definition) is 4. The van der Waals surface area contributed by atoms with Crippen molar-refractivity contribution in [1.82, 2.24) is 9.55 Å². The van der Waals surface area contributed by atoms with Crippen LogP contribution in [-0.4, -0.2) is 27.4 Å². The lowest BCUT2D eigenvalue weighted by molar-refractivity contribution is -0.120. The Balaban J connectivity index is 1.95. The summed E-state index contributed by atoms with van der Waals surface area (Å²) in [5.41, 5.74) is 1.53. The number of imidazole rings is 1. The van der Waals surface area contributed by atoms with Gasteiger partial charge in [0.05, 0.1) is 0 Å². The maximum absolute atomic E-state index is 12.0. The van der Waals surface area contributed by atoms with E-state index in [4.69, 9.17) is 0 Å². The molecule has 0 atom stereocenters. The second-order valence-electron chi connectivity index (χ2n) is 5.06. The van der Waals surface area contributed by atoms with Crippen LogP contribution < -0.4 is 0 Å². The molecule has 5 heteroatoms. The molecule has 1 aromatic heterocycles. The Hall–Kier alpha value is -2.56. The molecule has 0 saturated heterocycles. The smallest absolute Gasteiger partial charge is 0.163 e. The van der Waals surface area contributed by atoms with Gasteiger partial charge < -0.3 is 9.36 Å². The zero-order chi connectivity index (χ0) is 15.9. The Kier molecular flexibility index (Phi) is 5.36. The fourth-order valence-electron chi connectivity index (χ4n) is 2.20.